The fourth-order valence-corrected chi connectivity index (χ4v) is 7.07. The summed E-state index contributed by atoms with van der Waals surface area (Å²) >= 11 is 0. The molecule has 1 saturated heterocycles. The van der Waals surface area contributed by atoms with Gasteiger partial charge in [0.05, 0.1) is 24.0 Å². The second kappa shape index (κ2) is 9.77. The normalized spacial score (nSPS) is 22.9. The quantitative estimate of drug-likeness (QED) is 0.182. The molecule has 1 fully saturated rings. The van der Waals surface area contributed by atoms with Crippen LogP contribution in [0.1, 0.15) is 43.4 Å². The Hall–Kier alpha value is -5.57. The van der Waals surface area contributed by atoms with Crippen molar-refractivity contribution >= 4 is 34.9 Å². The molecule has 212 valence electrons. The van der Waals surface area contributed by atoms with E-state index in [-0.39, 0.29) is 17.0 Å². The van der Waals surface area contributed by atoms with Crippen molar-refractivity contribution in [2.45, 2.75) is 17.5 Å². The summed E-state index contributed by atoms with van der Waals surface area (Å²) in [5, 5.41) is 14.7. The fraction of sp³-hybridized carbons (Fsp3) is 0.147. The van der Waals surface area contributed by atoms with Crippen molar-refractivity contribution in [2.24, 2.45) is 5.92 Å². The van der Waals surface area contributed by atoms with Crippen molar-refractivity contribution in [3.05, 3.63) is 141 Å². The van der Waals surface area contributed by atoms with E-state index in [0.29, 0.717) is 22.6 Å². The van der Waals surface area contributed by atoms with E-state index in [0.717, 1.165) is 11.1 Å². The Morgan fingerprint density at radius 1 is 0.907 bits per heavy atom. The molecule has 4 unspecified atom stereocenters. The number of non-ortho nitro benzene ring substituents is 1. The van der Waals surface area contributed by atoms with Gasteiger partial charge in [-0.2, -0.15) is 0 Å². The number of carbonyl (C=O) groups excluding carboxylic acids is 3. The molecule has 3 heterocycles. The first kappa shape index (κ1) is 26.3. The maximum Gasteiger partial charge on any atom is 0.270 e. The van der Waals surface area contributed by atoms with Gasteiger partial charge in [0, 0.05) is 35.1 Å². The Bertz CT molecular complexity index is 1880. The van der Waals surface area contributed by atoms with Crippen molar-refractivity contribution in [2.75, 3.05) is 12.4 Å². The summed E-state index contributed by atoms with van der Waals surface area (Å²) in [5.74, 6) is -2.07. The molecule has 0 bridgehead atoms. The van der Waals surface area contributed by atoms with Gasteiger partial charge in [-0.1, -0.05) is 66.7 Å². The minimum Gasteiger partial charge on any atom is -0.497 e. The number of nitrogens with one attached hydrogen (secondary N) is 1. The Morgan fingerprint density at radius 3 is 2.42 bits per heavy atom. The fourth-order valence-electron chi connectivity index (χ4n) is 7.07. The predicted octanol–water partition coefficient (Wildman–Crippen LogP) is 5.59. The molecule has 4 atom stereocenters. The second-order valence-electron chi connectivity index (χ2n) is 10.9. The third-order valence-corrected chi connectivity index (χ3v) is 8.82. The zero-order chi connectivity index (χ0) is 29.9. The molecule has 4 aromatic carbocycles. The lowest BCUT2D eigenvalue weighted by atomic mass is 9.62. The lowest BCUT2D eigenvalue weighted by Gasteiger charge is -2.38. The number of hydrogen-bond acceptors (Lipinski definition) is 7. The molecule has 0 aliphatic carbocycles. The summed E-state index contributed by atoms with van der Waals surface area (Å²) in [6.07, 6.45) is 3.66. The van der Waals surface area contributed by atoms with Gasteiger partial charge in [0.15, 0.2) is 11.6 Å². The third kappa shape index (κ3) is 3.74. The second-order valence-corrected chi connectivity index (χ2v) is 10.9. The molecular weight excluding hydrogens is 546 g/mol. The first-order chi connectivity index (χ1) is 20.9. The van der Waals surface area contributed by atoms with Crippen LogP contribution in [0.4, 0.5) is 11.4 Å². The number of nitrogens with zero attached hydrogens (tertiary/aromatic N) is 2. The lowest BCUT2D eigenvalue weighted by Crippen LogP contribution is -2.49. The molecule has 0 saturated carbocycles. The Morgan fingerprint density at radius 2 is 1.63 bits per heavy atom. The van der Waals surface area contributed by atoms with Crippen LogP contribution in [0, 0.1) is 16.0 Å². The maximum absolute atomic E-state index is 14.8. The lowest BCUT2D eigenvalue weighted by molar-refractivity contribution is -0.384. The van der Waals surface area contributed by atoms with E-state index in [4.69, 9.17) is 4.74 Å². The van der Waals surface area contributed by atoms with Gasteiger partial charge in [0.1, 0.15) is 17.2 Å². The van der Waals surface area contributed by atoms with Crippen molar-refractivity contribution in [1.82, 2.24) is 4.90 Å². The highest BCUT2D eigenvalue weighted by Gasteiger charge is 2.70. The highest BCUT2D eigenvalue weighted by Crippen LogP contribution is 2.62. The van der Waals surface area contributed by atoms with Crippen LogP contribution in [-0.2, 0) is 10.2 Å². The number of hydrogen-bond donors (Lipinski definition) is 1. The Kier molecular flexibility index (Phi) is 5.98. The van der Waals surface area contributed by atoms with E-state index in [1.807, 2.05) is 47.4 Å². The van der Waals surface area contributed by atoms with Gasteiger partial charge in [-0.3, -0.25) is 24.5 Å². The molecule has 1 N–H and O–H groups in total. The number of fused-ring (bicyclic) bond motifs is 6. The maximum atomic E-state index is 14.8. The highest BCUT2D eigenvalue weighted by molar-refractivity contribution is 6.16. The van der Waals surface area contributed by atoms with Crippen LogP contribution < -0.4 is 10.1 Å². The highest BCUT2D eigenvalue weighted by atomic mass is 16.6. The molecule has 0 aromatic heterocycles. The third-order valence-electron chi connectivity index (χ3n) is 8.82. The van der Waals surface area contributed by atoms with Gasteiger partial charge in [-0.25, -0.2) is 0 Å². The molecule has 3 aliphatic rings. The average Bonchev–Trinajstić information content (AvgIpc) is 3.52. The molecule has 1 amide bonds. The van der Waals surface area contributed by atoms with Gasteiger partial charge in [-0.05, 0) is 41.0 Å². The predicted molar refractivity (Wildman–Crippen MR) is 159 cm³/mol. The molecule has 9 heteroatoms. The van der Waals surface area contributed by atoms with Gasteiger partial charge in [-0.15, -0.1) is 0 Å². The topological polar surface area (TPSA) is 119 Å². The number of para-hydroxylation sites is 1. The number of nitro benzene ring substituents is 1. The van der Waals surface area contributed by atoms with Crippen LogP contribution in [0.3, 0.4) is 0 Å². The van der Waals surface area contributed by atoms with Gasteiger partial charge >= 0.3 is 0 Å². The Labute approximate surface area is 246 Å². The summed E-state index contributed by atoms with van der Waals surface area (Å²) in [6, 6.07) is 25.1. The van der Waals surface area contributed by atoms with E-state index in [9.17, 15) is 24.5 Å². The largest absolute Gasteiger partial charge is 0.497 e. The molecule has 43 heavy (non-hydrogen) atoms. The van der Waals surface area contributed by atoms with Crippen LogP contribution in [0.2, 0.25) is 0 Å². The van der Waals surface area contributed by atoms with E-state index < -0.39 is 40.0 Å². The van der Waals surface area contributed by atoms with Crippen molar-refractivity contribution in [3.8, 4) is 5.75 Å². The minimum atomic E-state index is -1.53. The summed E-state index contributed by atoms with van der Waals surface area (Å²) in [4.78, 5) is 56.9. The number of ketones is 2. The standard InChI is InChI=1S/C34H25N3O6/c1-43-24-12-7-10-22(19-24)31(39)29-28(30(38)21-9-6-11-23(18-21)37(41)42)34(26-14-4-5-15-27(26)35-33(34)40)32-25-13-3-2-8-20(25)16-17-36(29)32/h2-19,28-29,32H,1H3,(H,35,40). The zero-order valence-corrected chi connectivity index (χ0v) is 23.0. The molecule has 4 aromatic rings. The van der Waals surface area contributed by atoms with Crippen LogP contribution >= 0.6 is 0 Å². The number of Topliss-reactive ketones (excluding diaryl/α,β-unsaturated/α-hetero) is 2. The van der Waals surface area contributed by atoms with Crippen LogP contribution in [-0.4, -0.2) is 40.4 Å². The number of rotatable bonds is 6. The van der Waals surface area contributed by atoms with Gasteiger partial charge in [0.25, 0.3) is 5.69 Å². The zero-order valence-electron chi connectivity index (χ0n) is 23.0. The molecule has 1 spiro atoms. The number of benzene rings is 4. The molecule has 0 radical (unpaired) electrons. The summed E-state index contributed by atoms with van der Waals surface area (Å²) < 4.78 is 5.38. The van der Waals surface area contributed by atoms with E-state index in [2.05, 4.69) is 5.32 Å². The first-order valence-corrected chi connectivity index (χ1v) is 13.8. The van der Waals surface area contributed by atoms with E-state index in [1.54, 1.807) is 42.6 Å². The van der Waals surface area contributed by atoms with Crippen LogP contribution in [0.25, 0.3) is 6.08 Å². The van der Waals surface area contributed by atoms with E-state index >= 15 is 0 Å². The van der Waals surface area contributed by atoms with E-state index in [1.165, 1.54) is 31.4 Å². The summed E-state index contributed by atoms with van der Waals surface area (Å²) in [5.41, 5.74) is 1.42. The molecule has 7 rings (SSSR count). The van der Waals surface area contributed by atoms with Crippen LogP contribution in [0.5, 0.6) is 5.75 Å². The molecule has 3 aliphatic heterocycles. The summed E-state index contributed by atoms with van der Waals surface area (Å²) in [6.45, 7) is 0. The van der Waals surface area contributed by atoms with Crippen molar-refractivity contribution in [3.63, 3.8) is 0 Å². The number of anilines is 1. The minimum absolute atomic E-state index is 0.0521. The number of nitro groups is 1. The van der Waals surface area contributed by atoms with Gasteiger partial charge in [0.2, 0.25) is 5.91 Å². The number of amides is 1. The monoisotopic (exact) mass is 571 g/mol. The molecule has 9 nitrogen and oxygen atoms in total. The van der Waals surface area contributed by atoms with Gasteiger partial charge < -0.3 is 15.0 Å². The number of ether oxygens (including phenoxy) is 1. The van der Waals surface area contributed by atoms with Crippen molar-refractivity contribution in [1.29, 1.82) is 0 Å². The number of methoxy groups -OCH3 is 1. The Balaban J connectivity index is 1.53. The van der Waals surface area contributed by atoms with Crippen molar-refractivity contribution < 1.29 is 24.0 Å². The average molecular weight is 572 g/mol. The number of carbonyl (C=O) groups is 3. The summed E-state index contributed by atoms with van der Waals surface area (Å²) in [7, 11) is 1.50. The first-order valence-electron chi connectivity index (χ1n) is 13.8. The SMILES string of the molecule is COc1cccc(C(=O)C2C(C(=O)c3cccc([N+](=O)[O-])c3)C3(C(=O)Nc4ccccc43)C3c4ccccc4C=CN23)c1. The van der Waals surface area contributed by atoms with Crippen LogP contribution in [0.15, 0.2) is 103 Å². The molecular formula is C34H25N3O6. The smallest absolute Gasteiger partial charge is 0.270 e.